The Morgan fingerprint density at radius 3 is 2.02 bits per heavy atom. The van der Waals surface area contributed by atoms with Crippen molar-refractivity contribution in [3.05, 3.63) is 70.9 Å². The molecule has 6 atom stereocenters. The van der Waals surface area contributed by atoms with Crippen LogP contribution in [-0.4, -0.2) is 109 Å². The second kappa shape index (κ2) is 21.1. The van der Waals surface area contributed by atoms with Crippen LogP contribution in [0.25, 0.3) is 11.3 Å². The molecule has 1 aromatic heterocycles. The van der Waals surface area contributed by atoms with Crippen molar-refractivity contribution in [3.8, 4) is 11.3 Å². The van der Waals surface area contributed by atoms with Gasteiger partial charge in [0, 0.05) is 37.4 Å². The number of amides is 2. The lowest BCUT2D eigenvalue weighted by Crippen LogP contribution is -2.68. The Morgan fingerprint density at radius 1 is 0.855 bits per heavy atom. The first-order chi connectivity index (χ1) is 29.0. The predicted octanol–water partition coefficient (Wildman–Crippen LogP) is 4.04. The van der Waals surface area contributed by atoms with Crippen molar-refractivity contribution in [1.82, 2.24) is 25.6 Å². The van der Waals surface area contributed by atoms with Gasteiger partial charge in [-0.05, 0) is 87.4 Å². The van der Waals surface area contributed by atoms with Gasteiger partial charge >= 0.3 is 30.0 Å². The molecule has 2 amide bonds. The minimum absolute atomic E-state index is 0.190. The largest absolute Gasteiger partial charge is 0.471 e. The van der Waals surface area contributed by atoms with Gasteiger partial charge in [0.15, 0.2) is 18.5 Å². The van der Waals surface area contributed by atoms with E-state index in [0.29, 0.717) is 47.3 Å². The number of rotatable bonds is 19. The summed E-state index contributed by atoms with van der Waals surface area (Å²) < 4.78 is 70.4. The third-order valence-electron chi connectivity index (χ3n) is 10.2. The summed E-state index contributed by atoms with van der Waals surface area (Å²) >= 11 is 0. The van der Waals surface area contributed by atoms with E-state index >= 15 is 0 Å². The van der Waals surface area contributed by atoms with E-state index in [1.807, 2.05) is 13.8 Å². The standard InChI is InChI=1S/C42H54F3N5O12/c1-8-41(7,62-38-34(46-39(57)42(43,44)45)36(60-26(4)55)35(59-25(3)54)33(61-38)23-58-24(2)53)15-9-14-40(5,6)47-37(56)30-12-10-27(11-13-30)19-50-20-32(48-49-50)31-17-28(21-51)16-29(18-31)22-52/h10-13,16-18,20,33-36,38,51-52H,8-9,14-15,19,21-23H2,1-7H3,(H,46,57)(H,47,56)/t33?,34?,35-,36?,38+,41?/m1/s1. The van der Waals surface area contributed by atoms with E-state index in [1.165, 1.54) is 0 Å². The summed E-state index contributed by atoms with van der Waals surface area (Å²) in [6.45, 7) is 9.58. The average Bonchev–Trinajstić information content (AvgIpc) is 3.66. The van der Waals surface area contributed by atoms with Crippen LogP contribution in [-0.2, 0) is 62.6 Å². The molecule has 0 radical (unpaired) electrons. The number of carbonyl (C=O) groups excluding carboxylic acids is 5. The van der Waals surface area contributed by atoms with Gasteiger partial charge < -0.3 is 44.5 Å². The van der Waals surface area contributed by atoms with E-state index < -0.39 is 78.4 Å². The van der Waals surface area contributed by atoms with E-state index in [4.69, 9.17) is 23.7 Å². The summed E-state index contributed by atoms with van der Waals surface area (Å²) in [5.41, 5.74) is 1.89. The molecule has 4 N–H and O–H groups in total. The SMILES string of the molecule is CCC(C)(CCCC(C)(C)NC(=O)c1ccc(Cn2cc(-c3cc(CO)cc(CO)c3)nn2)cc1)O[C@@H]1OC(COC(C)=O)[C@@H](OC(C)=O)C(OC(C)=O)C1NC(=O)C(F)(F)F. The first kappa shape index (κ1) is 49.2. The van der Waals surface area contributed by atoms with Gasteiger partial charge in [0.1, 0.15) is 24.4 Å². The number of nitrogens with one attached hydrogen (secondary N) is 2. The van der Waals surface area contributed by atoms with Crippen LogP contribution in [0.3, 0.4) is 0 Å². The Kier molecular flexibility index (Phi) is 16.7. The molecule has 0 bridgehead atoms. The lowest BCUT2D eigenvalue weighted by Gasteiger charge is -2.47. The van der Waals surface area contributed by atoms with Crippen molar-refractivity contribution in [1.29, 1.82) is 0 Å². The molecule has 1 saturated heterocycles. The minimum atomic E-state index is -5.37. The topological polar surface area (TPSA) is 227 Å². The smallest absolute Gasteiger partial charge is 0.463 e. The highest BCUT2D eigenvalue weighted by Gasteiger charge is 2.54. The number of esters is 3. The number of nitrogens with zero attached hydrogens (tertiary/aromatic N) is 3. The summed E-state index contributed by atoms with van der Waals surface area (Å²) in [7, 11) is 0. The first-order valence-electron chi connectivity index (χ1n) is 19.9. The number of carbonyl (C=O) groups is 5. The summed E-state index contributed by atoms with van der Waals surface area (Å²) in [6.07, 6.45) is -8.72. The zero-order chi connectivity index (χ0) is 46.0. The maximum absolute atomic E-state index is 13.6. The zero-order valence-electron chi connectivity index (χ0n) is 35.6. The van der Waals surface area contributed by atoms with Crippen LogP contribution in [0.2, 0.25) is 0 Å². The molecule has 0 saturated carbocycles. The van der Waals surface area contributed by atoms with Crippen LogP contribution in [0.4, 0.5) is 13.2 Å². The van der Waals surface area contributed by atoms with Gasteiger partial charge in [-0.3, -0.25) is 24.0 Å². The molecule has 4 unspecified atom stereocenters. The van der Waals surface area contributed by atoms with Crippen molar-refractivity contribution in [2.75, 3.05) is 6.61 Å². The fraction of sp³-hybridized carbons (Fsp3) is 0.548. The van der Waals surface area contributed by atoms with E-state index in [0.717, 1.165) is 26.3 Å². The molecule has 1 aliphatic heterocycles. The monoisotopic (exact) mass is 877 g/mol. The second-order valence-electron chi connectivity index (χ2n) is 16.0. The summed E-state index contributed by atoms with van der Waals surface area (Å²) in [5.74, 6) is -5.39. The van der Waals surface area contributed by atoms with Crippen molar-refractivity contribution in [2.24, 2.45) is 0 Å². The third kappa shape index (κ3) is 14.0. The maximum atomic E-state index is 13.6. The molecule has 17 nitrogen and oxygen atoms in total. The summed E-state index contributed by atoms with van der Waals surface area (Å²) in [4.78, 5) is 61.7. The molecule has 0 spiro atoms. The molecule has 1 fully saturated rings. The molecule has 20 heteroatoms. The number of benzene rings is 2. The molecule has 1 aliphatic rings. The predicted molar refractivity (Wildman–Crippen MR) is 212 cm³/mol. The Balaban J connectivity index is 1.43. The van der Waals surface area contributed by atoms with Gasteiger partial charge in [0.2, 0.25) is 0 Å². The Morgan fingerprint density at radius 2 is 1.47 bits per heavy atom. The van der Waals surface area contributed by atoms with E-state index in [2.05, 4.69) is 15.6 Å². The number of hydrogen-bond donors (Lipinski definition) is 4. The number of alkyl halides is 3. The van der Waals surface area contributed by atoms with Crippen molar-refractivity contribution in [3.63, 3.8) is 0 Å². The third-order valence-corrected chi connectivity index (χ3v) is 10.2. The van der Waals surface area contributed by atoms with Crippen LogP contribution >= 0.6 is 0 Å². The van der Waals surface area contributed by atoms with Crippen LogP contribution in [0.5, 0.6) is 0 Å². The van der Waals surface area contributed by atoms with E-state index in [1.54, 1.807) is 72.5 Å². The van der Waals surface area contributed by atoms with Gasteiger partial charge in [-0.25, -0.2) is 4.68 Å². The Bertz CT molecular complexity index is 2020. The van der Waals surface area contributed by atoms with Crippen molar-refractivity contribution >= 4 is 29.7 Å². The first-order valence-corrected chi connectivity index (χ1v) is 19.9. The fourth-order valence-corrected chi connectivity index (χ4v) is 6.89. The van der Waals surface area contributed by atoms with Crippen LogP contribution < -0.4 is 10.6 Å². The Hall–Kier alpha value is -5.44. The van der Waals surface area contributed by atoms with Gasteiger partial charge in [-0.1, -0.05) is 30.3 Å². The number of aliphatic hydroxyl groups is 2. The van der Waals surface area contributed by atoms with Gasteiger partial charge in [-0.15, -0.1) is 5.10 Å². The molecule has 340 valence electrons. The Labute approximate surface area is 356 Å². The molecular weight excluding hydrogens is 823 g/mol. The minimum Gasteiger partial charge on any atom is -0.463 e. The highest BCUT2D eigenvalue weighted by Crippen LogP contribution is 2.34. The van der Waals surface area contributed by atoms with Crippen LogP contribution in [0.1, 0.15) is 101 Å². The number of aromatic nitrogens is 3. The van der Waals surface area contributed by atoms with Gasteiger partial charge in [0.05, 0.1) is 31.6 Å². The van der Waals surface area contributed by atoms with Crippen molar-refractivity contribution < 1.29 is 71.0 Å². The number of halogens is 3. The maximum Gasteiger partial charge on any atom is 0.471 e. The molecule has 4 rings (SSSR count). The lowest BCUT2D eigenvalue weighted by atomic mass is 9.89. The molecule has 62 heavy (non-hydrogen) atoms. The van der Waals surface area contributed by atoms with Crippen molar-refractivity contribution in [2.45, 2.75) is 142 Å². The highest BCUT2D eigenvalue weighted by molar-refractivity contribution is 5.94. The number of aliphatic hydroxyl groups excluding tert-OH is 2. The highest BCUT2D eigenvalue weighted by atomic mass is 19.4. The average molecular weight is 878 g/mol. The number of ether oxygens (including phenoxy) is 5. The van der Waals surface area contributed by atoms with Crippen LogP contribution in [0, 0.1) is 0 Å². The van der Waals surface area contributed by atoms with E-state index in [9.17, 15) is 47.4 Å². The number of hydrogen-bond acceptors (Lipinski definition) is 14. The summed E-state index contributed by atoms with van der Waals surface area (Å²) in [5, 5.41) is 32.4. The normalized spacial score (nSPS) is 20.1. The molecule has 3 aromatic rings. The van der Waals surface area contributed by atoms with E-state index in [-0.39, 0.29) is 32.0 Å². The molecule has 0 aliphatic carbocycles. The van der Waals surface area contributed by atoms with Crippen LogP contribution in [0.15, 0.2) is 48.7 Å². The second-order valence-corrected chi connectivity index (χ2v) is 16.0. The van der Waals surface area contributed by atoms with Gasteiger partial charge in [0.25, 0.3) is 5.91 Å². The lowest BCUT2D eigenvalue weighted by molar-refractivity contribution is -0.304. The fourth-order valence-electron chi connectivity index (χ4n) is 6.89. The summed E-state index contributed by atoms with van der Waals surface area (Å²) in [6, 6.07) is 10.3. The molecular formula is C42H54F3N5O12. The quantitative estimate of drug-likeness (QED) is 0.0986. The van der Waals surface area contributed by atoms with Gasteiger partial charge in [-0.2, -0.15) is 13.2 Å². The molecule has 2 aromatic carbocycles. The zero-order valence-corrected chi connectivity index (χ0v) is 35.6. The molecule has 2 heterocycles.